The molecule has 0 unspecified atom stereocenters. The van der Waals surface area contributed by atoms with E-state index < -0.39 is 15.9 Å². The molecule has 0 saturated carbocycles. The maximum atomic E-state index is 12.2. The number of sulfonamides is 1. The highest BCUT2D eigenvalue weighted by Crippen LogP contribution is 2.27. The highest BCUT2D eigenvalue weighted by Gasteiger charge is 2.24. The Morgan fingerprint density at radius 2 is 2.05 bits per heavy atom. The van der Waals surface area contributed by atoms with Gasteiger partial charge in [0, 0.05) is 24.8 Å². The van der Waals surface area contributed by atoms with Crippen molar-refractivity contribution < 1.29 is 13.2 Å². The molecule has 0 aliphatic heterocycles. The van der Waals surface area contributed by atoms with Crippen molar-refractivity contribution in [3.63, 3.8) is 0 Å². The quantitative estimate of drug-likeness (QED) is 0.797. The molecule has 0 heterocycles. The fourth-order valence-electron chi connectivity index (χ4n) is 1.37. The maximum absolute atomic E-state index is 12.2. The zero-order valence-electron chi connectivity index (χ0n) is 10.9. The van der Waals surface area contributed by atoms with Crippen molar-refractivity contribution in [1.29, 1.82) is 0 Å². The van der Waals surface area contributed by atoms with E-state index >= 15 is 0 Å². The average Bonchev–Trinajstić information content (AvgIpc) is 2.34. The second kappa shape index (κ2) is 5.77. The summed E-state index contributed by atoms with van der Waals surface area (Å²) in [6, 6.07) is 2.65. The van der Waals surface area contributed by atoms with Gasteiger partial charge in [0.1, 0.15) is 0 Å². The summed E-state index contributed by atoms with van der Waals surface area (Å²) in [5.41, 5.74) is 6.61. The molecule has 0 atom stereocenters. The van der Waals surface area contributed by atoms with Gasteiger partial charge in [-0.25, -0.2) is 8.42 Å². The Bertz CT molecular complexity index is 578. The number of halogens is 1. The number of likely N-dealkylation sites (N-methyl/N-ethyl adjacent to an activating group) is 2. The largest absolute Gasteiger partial charge is 0.398 e. The highest BCUT2D eigenvalue weighted by molar-refractivity contribution is 7.89. The van der Waals surface area contributed by atoms with Crippen molar-refractivity contribution in [1.82, 2.24) is 9.62 Å². The van der Waals surface area contributed by atoms with Crippen molar-refractivity contribution >= 4 is 33.2 Å². The summed E-state index contributed by atoms with van der Waals surface area (Å²) in [4.78, 5) is 11.2. The van der Waals surface area contributed by atoms with E-state index in [9.17, 15) is 13.2 Å². The average molecular weight is 306 g/mol. The van der Waals surface area contributed by atoms with Crippen LogP contribution in [-0.2, 0) is 14.8 Å². The second-order valence-electron chi connectivity index (χ2n) is 4.05. The molecule has 1 rings (SSSR count). The molecule has 3 N–H and O–H groups in total. The summed E-state index contributed by atoms with van der Waals surface area (Å²) >= 11 is 5.92. The van der Waals surface area contributed by atoms with Crippen LogP contribution in [0, 0.1) is 6.92 Å². The molecule has 8 heteroatoms. The first-order chi connectivity index (χ1) is 8.70. The minimum atomic E-state index is -3.80. The molecular weight excluding hydrogens is 290 g/mol. The van der Waals surface area contributed by atoms with Crippen LogP contribution in [0.5, 0.6) is 0 Å². The number of nitrogen functional groups attached to an aromatic ring is 1. The van der Waals surface area contributed by atoms with Crippen molar-refractivity contribution in [2.45, 2.75) is 11.8 Å². The molecule has 0 saturated heterocycles. The number of hydrogen-bond acceptors (Lipinski definition) is 4. The van der Waals surface area contributed by atoms with E-state index in [1.54, 1.807) is 6.92 Å². The number of anilines is 1. The number of nitrogens with two attached hydrogens (primary N) is 1. The fourth-order valence-corrected chi connectivity index (χ4v) is 2.85. The molecule has 0 aromatic heterocycles. The van der Waals surface area contributed by atoms with E-state index in [0.29, 0.717) is 11.3 Å². The van der Waals surface area contributed by atoms with Crippen LogP contribution in [0.2, 0.25) is 5.02 Å². The summed E-state index contributed by atoms with van der Waals surface area (Å²) in [5.74, 6) is -0.405. The molecule has 0 aliphatic carbocycles. The smallest absolute Gasteiger partial charge is 0.243 e. The Kier molecular flexibility index (Phi) is 4.78. The molecule has 106 valence electrons. The van der Waals surface area contributed by atoms with Crippen LogP contribution < -0.4 is 11.1 Å². The first kappa shape index (κ1) is 15.7. The Morgan fingerprint density at radius 3 is 2.53 bits per heavy atom. The second-order valence-corrected chi connectivity index (χ2v) is 6.51. The SMILES string of the molecule is CNC(=O)CN(C)S(=O)(=O)c1cc(N)c(C)c(Cl)c1. The number of benzene rings is 1. The minimum Gasteiger partial charge on any atom is -0.398 e. The molecule has 0 aliphatic rings. The molecule has 0 fully saturated rings. The van der Waals surface area contributed by atoms with Gasteiger partial charge < -0.3 is 11.1 Å². The van der Waals surface area contributed by atoms with Crippen LogP contribution in [-0.4, -0.2) is 39.3 Å². The lowest BCUT2D eigenvalue weighted by Crippen LogP contribution is -2.36. The number of nitrogens with zero attached hydrogens (tertiary/aromatic N) is 1. The lowest BCUT2D eigenvalue weighted by Gasteiger charge is -2.17. The van der Waals surface area contributed by atoms with E-state index in [1.165, 1.54) is 26.2 Å². The molecule has 1 amide bonds. The third-order valence-electron chi connectivity index (χ3n) is 2.71. The van der Waals surface area contributed by atoms with E-state index in [1.807, 2.05) is 0 Å². The van der Waals surface area contributed by atoms with Crippen LogP contribution in [0.25, 0.3) is 0 Å². The van der Waals surface area contributed by atoms with Crippen LogP contribution in [0.3, 0.4) is 0 Å². The summed E-state index contributed by atoms with van der Waals surface area (Å²) in [6.07, 6.45) is 0. The lowest BCUT2D eigenvalue weighted by atomic mass is 10.2. The molecule has 1 aromatic carbocycles. The van der Waals surface area contributed by atoms with Crippen LogP contribution in [0.15, 0.2) is 17.0 Å². The zero-order chi connectivity index (χ0) is 14.8. The lowest BCUT2D eigenvalue weighted by molar-refractivity contribution is -0.120. The zero-order valence-corrected chi connectivity index (χ0v) is 12.5. The van der Waals surface area contributed by atoms with Gasteiger partial charge in [-0.3, -0.25) is 4.79 Å². The molecule has 0 bridgehead atoms. The van der Waals surface area contributed by atoms with Crippen LogP contribution in [0.4, 0.5) is 5.69 Å². The number of carbonyl (C=O) groups is 1. The Hall–Kier alpha value is -1.31. The molecule has 6 nitrogen and oxygen atoms in total. The maximum Gasteiger partial charge on any atom is 0.243 e. The van der Waals surface area contributed by atoms with Gasteiger partial charge in [0.15, 0.2) is 0 Å². The van der Waals surface area contributed by atoms with E-state index in [4.69, 9.17) is 17.3 Å². The summed E-state index contributed by atoms with van der Waals surface area (Å²) in [7, 11) is -1.05. The monoisotopic (exact) mass is 305 g/mol. The van der Waals surface area contributed by atoms with Gasteiger partial charge in [0.2, 0.25) is 15.9 Å². The first-order valence-corrected chi connectivity index (χ1v) is 7.24. The minimum absolute atomic E-state index is 0.0352. The molecule has 0 radical (unpaired) electrons. The van der Waals surface area contributed by atoms with Gasteiger partial charge in [-0.05, 0) is 24.6 Å². The van der Waals surface area contributed by atoms with E-state index in [0.717, 1.165) is 4.31 Å². The fraction of sp³-hybridized carbons (Fsp3) is 0.364. The number of nitrogens with one attached hydrogen (secondary N) is 1. The number of rotatable bonds is 4. The van der Waals surface area contributed by atoms with Crippen LogP contribution >= 0.6 is 11.6 Å². The number of amides is 1. The predicted octanol–water partition coefficient (Wildman–Crippen LogP) is 0.597. The van der Waals surface area contributed by atoms with Gasteiger partial charge in [-0.15, -0.1) is 0 Å². The standard InChI is InChI=1S/C11H16ClN3O3S/c1-7-9(12)4-8(5-10(7)13)19(17,18)15(3)6-11(16)14-2/h4-5H,6,13H2,1-3H3,(H,14,16). The summed E-state index contributed by atoms with van der Waals surface area (Å²) in [6.45, 7) is 1.42. The molecular formula is C11H16ClN3O3S. The number of hydrogen-bond donors (Lipinski definition) is 2. The first-order valence-electron chi connectivity index (χ1n) is 5.42. The van der Waals surface area contributed by atoms with Crippen molar-refractivity contribution in [2.24, 2.45) is 0 Å². The van der Waals surface area contributed by atoms with Gasteiger partial charge >= 0.3 is 0 Å². The van der Waals surface area contributed by atoms with Gasteiger partial charge in [-0.1, -0.05) is 11.6 Å². The van der Waals surface area contributed by atoms with Gasteiger partial charge in [-0.2, -0.15) is 4.31 Å². The molecule has 19 heavy (non-hydrogen) atoms. The summed E-state index contributed by atoms with van der Waals surface area (Å²) in [5, 5.41) is 2.63. The van der Waals surface area contributed by atoms with E-state index in [2.05, 4.69) is 5.32 Å². The van der Waals surface area contributed by atoms with Gasteiger partial charge in [0.25, 0.3) is 0 Å². The third-order valence-corrected chi connectivity index (χ3v) is 4.89. The normalized spacial score (nSPS) is 11.6. The summed E-state index contributed by atoms with van der Waals surface area (Å²) < 4.78 is 25.4. The third kappa shape index (κ3) is 3.37. The van der Waals surface area contributed by atoms with Crippen molar-refractivity contribution in [3.8, 4) is 0 Å². The Morgan fingerprint density at radius 1 is 1.47 bits per heavy atom. The van der Waals surface area contributed by atoms with Crippen molar-refractivity contribution in [3.05, 3.63) is 22.7 Å². The predicted molar refractivity (Wildman–Crippen MR) is 74.5 cm³/mol. The van der Waals surface area contributed by atoms with E-state index in [-0.39, 0.29) is 16.5 Å². The van der Waals surface area contributed by atoms with Crippen LogP contribution in [0.1, 0.15) is 5.56 Å². The Labute approximate surface area is 117 Å². The van der Waals surface area contributed by atoms with Gasteiger partial charge in [0.05, 0.1) is 11.4 Å². The molecule has 1 aromatic rings. The highest BCUT2D eigenvalue weighted by atomic mass is 35.5. The topological polar surface area (TPSA) is 92.5 Å². The van der Waals surface area contributed by atoms with Crippen molar-refractivity contribution in [2.75, 3.05) is 26.4 Å². The molecule has 0 spiro atoms. The number of carbonyl (C=O) groups excluding carboxylic acids is 1. The Balaban J connectivity index is 3.17.